The first kappa shape index (κ1) is 27.0. The van der Waals surface area contributed by atoms with Crippen LogP contribution in [0, 0.1) is 0 Å². The average Bonchev–Trinajstić information content (AvgIpc) is 3.24. The summed E-state index contributed by atoms with van der Waals surface area (Å²) in [4.78, 5) is 28.4. The second-order valence-corrected chi connectivity index (χ2v) is 9.76. The fourth-order valence-electron chi connectivity index (χ4n) is 3.09. The summed E-state index contributed by atoms with van der Waals surface area (Å²) in [5, 5.41) is 10.5. The number of carbonyl (C=O) groups excluding carboxylic acids is 2. The van der Waals surface area contributed by atoms with Gasteiger partial charge in [0.25, 0.3) is 0 Å². The Hall–Kier alpha value is -3.60. The number of benzene rings is 2. The summed E-state index contributed by atoms with van der Waals surface area (Å²) in [7, 11) is 0. The highest BCUT2D eigenvalue weighted by atomic mass is 32.1. The highest BCUT2D eigenvalue weighted by Gasteiger charge is 2.30. The number of halogens is 3. The Morgan fingerprint density at radius 2 is 1.75 bits per heavy atom. The molecule has 36 heavy (non-hydrogen) atoms. The Kier molecular flexibility index (Phi) is 8.57. The smallest absolute Gasteiger partial charge is 0.416 e. The number of hydrogen-bond acceptors (Lipinski definition) is 6. The molecule has 0 saturated heterocycles. The van der Waals surface area contributed by atoms with Crippen LogP contribution in [-0.2, 0) is 15.7 Å². The number of nitrogens with zero attached hydrogens (tertiary/aromatic N) is 1. The lowest BCUT2D eigenvalue weighted by atomic mass is 10.1. The number of alkyl halides is 3. The fourth-order valence-corrected chi connectivity index (χ4v) is 3.83. The number of nitrogens with one attached hydrogen (secondary N) is 3. The molecule has 0 aliphatic heterocycles. The molecule has 2 amide bonds. The molecule has 0 aliphatic rings. The van der Waals surface area contributed by atoms with Crippen molar-refractivity contribution in [2.45, 2.75) is 45.4 Å². The van der Waals surface area contributed by atoms with Crippen molar-refractivity contribution in [3.8, 4) is 11.3 Å². The predicted octanol–water partition coefficient (Wildman–Crippen LogP) is 6.82. The number of amides is 2. The number of anilines is 3. The number of alkyl carbamates (subject to hydrolysis) is 1. The molecule has 11 heteroatoms. The lowest BCUT2D eigenvalue weighted by Crippen LogP contribution is -2.33. The molecule has 7 nitrogen and oxygen atoms in total. The number of hydrogen-bond donors (Lipinski definition) is 3. The SMILES string of the molecule is CC(C)(C)OC(=O)NCCCC(=O)Nc1cccc(-c2csc(Nc3cccc(C(F)(F)F)c3)n2)c1. The Morgan fingerprint density at radius 1 is 1.03 bits per heavy atom. The normalized spacial score (nSPS) is 11.6. The van der Waals surface area contributed by atoms with Crippen LogP contribution in [0.3, 0.4) is 0 Å². The van der Waals surface area contributed by atoms with Gasteiger partial charge in [-0.15, -0.1) is 11.3 Å². The van der Waals surface area contributed by atoms with Crippen molar-refractivity contribution in [2.24, 2.45) is 0 Å². The molecule has 192 valence electrons. The summed E-state index contributed by atoms with van der Waals surface area (Å²) in [5.41, 5.74) is 0.901. The van der Waals surface area contributed by atoms with E-state index >= 15 is 0 Å². The van der Waals surface area contributed by atoms with E-state index in [1.165, 1.54) is 23.5 Å². The van der Waals surface area contributed by atoms with Crippen LogP contribution in [0.25, 0.3) is 11.3 Å². The van der Waals surface area contributed by atoms with Gasteiger partial charge in [-0.1, -0.05) is 18.2 Å². The van der Waals surface area contributed by atoms with Gasteiger partial charge in [0.1, 0.15) is 5.60 Å². The lowest BCUT2D eigenvalue weighted by molar-refractivity contribution is -0.137. The summed E-state index contributed by atoms with van der Waals surface area (Å²) in [6, 6.07) is 12.0. The Labute approximate surface area is 211 Å². The molecular formula is C25H27F3N4O3S. The molecule has 3 N–H and O–H groups in total. The van der Waals surface area contributed by atoms with Gasteiger partial charge in [-0.05, 0) is 57.5 Å². The number of aromatic nitrogens is 1. The third-order valence-corrected chi connectivity index (χ3v) is 5.39. The van der Waals surface area contributed by atoms with Crippen molar-refractivity contribution in [3.05, 3.63) is 59.5 Å². The van der Waals surface area contributed by atoms with Gasteiger partial charge in [0, 0.05) is 35.3 Å². The first-order chi connectivity index (χ1) is 16.9. The van der Waals surface area contributed by atoms with Gasteiger partial charge in [0.05, 0.1) is 11.3 Å². The van der Waals surface area contributed by atoms with Crippen molar-refractivity contribution in [3.63, 3.8) is 0 Å². The van der Waals surface area contributed by atoms with Crippen molar-refractivity contribution in [2.75, 3.05) is 17.2 Å². The average molecular weight is 521 g/mol. The topological polar surface area (TPSA) is 92.3 Å². The van der Waals surface area contributed by atoms with Gasteiger partial charge in [-0.25, -0.2) is 9.78 Å². The van der Waals surface area contributed by atoms with Gasteiger partial charge < -0.3 is 20.7 Å². The third-order valence-electron chi connectivity index (χ3n) is 4.64. The minimum Gasteiger partial charge on any atom is -0.444 e. The predicted molar refractivity (Wildman–Crippen MR) is 134 cm³/mol. The van der Waals surface area contributed by atoms with E-state index in [9.17, 15) is 22.8 Å². The van der Waals surface area contributed by atoms with E-state index in [0.29, 0.717) is 29.5 Å². The van der Waals surface area contributed by atoms with Gasteiger partial charge in [0.2, 0.25) is 5.91 Å². The van der Waals surface area contributed by atoms with E-state index in [-0.39, 0.29) is 18.0 Å². The number of rotatable bonds is 8. The van der Waals surface area contributed by atoms with Crippen molar-refractivity contribution in [1.82, 2.24) is 10.3 Å². The van der Waals surface area contributed by atoms with Crippen LogP contribution < -0.4 is 16.0 Å². The van der Waals surface area contributed by atoms with Crippen LogP contribution in [-0.4, -0.2) is 29.1 Å². The van der Waals surface area contributed by atoms with Crippen LogP contribution >= 0.6 is 11.3 Å². The van der Waals surface area contributed by atoms with E-state index in [2.05, 4.69) is 20.9 Å². The number of thiazole rings is 1. The molecular weight excluding hydrogens is 493 g/mol. The van der Waals surface area contributed by atoms with Crippen molar-refractivity contribution < 1.29 is 27.5 Å². The van der Waals surface area contributed by atoms with E-state index < -0.39 is 23.4 Å². The lowest BCUT2D eigenvalue weighted by Gasteiger charge is -2.19. The Balaban J connectivity index is 1.53. The fraction of sp³-hybridized carbons (Fsp3) is 0.320. The summed E-state index contributed by atoms with van der Waals surface area (Å²) in [5.74, 6) is -0.205. The van der Waals surface area contributed by atoms with Gasteiger partial charge in [0.15, 0.2) is 5.13 Å². The summed E-state index contributed by atoms with van der Waals surface area (Å²) in [6.07, 6.45) is -4.30. The maximum Gasteiger partial charge on any atom is 0.416 e. The van der Waals surface area contributed by atoms with Crippen LogP contribution in [0.2, 0.25) is 0 Å². The van der Waals surface area contributed by atoms with Crippen LogP contribution in [0.1, 0.15) is 39.2 Å². The summed E-state index contributed by atoms with van der Waals surface area (Å²) < 4.78 is 44.0. The zero-order valence-corrected chi connectivity index (χ0v) is 20.8. The maximum atomic E-state index is 12.9. The Bertz CT molecular complexity index is 1210. The summed E-state index contributed by atoms with van der Waals surface area (Å²) in [6.45, 7) is 5.62. The van der Waals surface area contributed by atoms with Crippen molar-refractivity contribution in [1.29, 1.82) is 0 Å². The second-order valence-electron chi connectivity index (χ2n) is 8.90. The van der Waals surface area contributed by atoms with E-state index in [4.69, 9.17) is 4.74 Å². The molecule has 0 saturated carbocycles. The molecule has 1 heterocycles. The molecule has 2 aromatic carbocycles. The summed E-state index contributed by atoms with van der Waals surface area (Å²) >= 11 is 1.26. The quantitative estimate of drug-likeness (QED) is 0.284. The highest BCUT2D eigenvalue weighted by molar-refractivity contribution is 7.14. The number of ether oxygens (including phenoxy) is 1. The molecule has 0 radical (unpaired) electrons. The van der Waals surface area contributed by atoms with E-state index in [0.717, 1.165) is 17.7 Å². The van der Waals surface area contributed by atoms with E-state index in [1.54, 1.807) is 44.4 Å². The molecule has 0 unspecified atom stereocenters. The molecule has 0 aliphatic carbocycles. The molecule has 0 spiro atoms. The minimum atomic E-state index is -4.43. The highest BCUT2D eigenvalue weighted by Crippen LogP contribution is 2.33. The molecule has 3 rings (SSSR count). The second kappa shape index (κ2) is 11.4. The Morgan fingerprint density at radius 3 is 2.47 bits per heavy atom. The molecule has 3 aromatic rings. The third kappa shape index (κ3) is 8.56. The zero-order valence-electron chi connectivity index (χ0n) is 20.0. The monoisotopic (exact) mass is 520 g/mol. The van der Waals surface area contributed by atoms with E-state index in [1.807, 2.05) is 6.07 Å². The van der Waals surface area contributed by atoms with Crippen LogP contribution in [0.15, 0.2) is 53.9 Å². The van der Waals surface area contributed by atoms with Gasteiger partial charge in [-0.3, -0.25) is 4.79 Å². The van der Waals surface area contributed by atoms with Crippen molar-refractivity contribution >= 4 is 39.8 Å². The standard InChI is InChI=1S/C25H27F3N4O3S/c1-24(2,3)35-23(34)29-12-6-11-21(33)30-18-9-4-7-16(13-18)20-15-36-22(32-20)31-19-10-5-8-17(14-19)25(26,27)28/h4-5,7-10,13-15H,6,11-12H2,1-3H3,(H,29,34)(H,30,33)(H,31,32). The molecule has 1 aromatic heterocycles. The minimum absolute atomic E-state index is 0.205. The first-order valence-corrected chi connectivity index (χ1v) is 12.0. The largest absolute Gasteiger partial charge is 0.444 e. The maximum absolute atomic E-state index is 12.9. The first-order valence-electron chi connectivity index (χ1n) is 11.2. The molecule has 0 atom stereocenters. The van der Waals surface area contributed by atoms with Crippen LogP contribution in [0.4, 0.5) is 34.5 Å². The molecule has 0 bridgehead atoms. The molecule has 0 fully saturated rings. The zero-order chi connectivity index (χ0) is 26.3. The van der Waals surface area contributed by atoms with Crippen LogP contribution in [0.5, 0.6) is 0 Å². The van der Waals surface area contributed by atoms with Gasteiger partial charge in [-0.2, -0.15) is 13.2 Å². The number of carbonyl (C=O) groups is 2. The van der Waals surface area contributed by atoms with Gasteiger partial charge >= 0.3 is 12.3 Å².